The number of benzene rings is 1. The van der Waals surface area contributed by atoms with Crippen molar-refractivity contribution in [2.45, 2.75) is 13.5 Å². The first-order valence-electron chi connectivity index (χ1n) is 7.81. The molecule has 0 saturated heterocycles. The number of ether oxygens (including phenoxy) is 1. The third-order valence-corrected chi connectivity index (χ3v) is 5.26. The molecule has 1 amide bonds. The molecule has 3 aromatic rings. The van der Waals surface area contributed by atoms with E-state index in [2.05, 4.69) is 4.99 Å². The largest absolute Gasteiger partial charge is 0.465 e. The minimum absolute atomic E-state index is 0.0970. The van der Waals surface area contributed by atoms with E-state index in [0.29, 0.717) is 15.0 Å². The van der Waals surface area contributed by atoms with Crippen molar-refractivity contribution in [2.24, 2.45) is 4.99 Å². The number of thiazole rings is 1. The predicted octanol–water partition coefficient (Wildman–Crippen LogP) is 3.61. The molecule has 26 heavy (non-hydrogen) atoms. The number of carbonyl (C=O) groups excluding carboxylic acids is 2. The molecule has 2 aromatic heterocycles. The van der Waals surface area contributed by atoms with Crippen LogP contribution in [0, 0.1) is 5.82 Å². The zero-order chi connectivity index (χ0) is 18.5. The number of nitrogens with zero attached hydrogens (tertiary/aromatic N) is 2. The van der Waals surface area contributed by atoms with Crippen molar-refractivity contribution < 1.29 is 18.7 Å². The van der Waals surface area contributed by atoms with Crippen molar-refractivity contribution in [3.05, 3.63) is 57.3 Å². The molecule has 0 atom stereocenters. The van der Waals surface area contributed by atoms with Gasteiger partial charge < -0.3 is 9.30 Å². The standard InChI is InChI=1S/C18H15FN2O3S2/c1-2-24-17(23)11-21-14-7-5-12(19)10-15(14)26-18(21)20-16(22)8-6-13-4-3-9-25-13/h3-10H,2,11H2,1H3/b8-6+,20-18?. The third-order valence-electron chi connectivity index (χ3n) is 3.38. The second-order valence-electron chi connectivity index (χ2n) is 5.19. The Morgan fingerprint density at radius 1 is 1.35 bits per heavy atom. The van der Waals surface area contributed by atoms with E-state index in [9.17, 15) is 14.0 Å². The SMILES string of the molecule is CCOC(=O)Cn1c(=NC(=O)/C=C/c2cccs2)sc2cc(F)ccc21. The molecule has 0 aliphatic rings. The maximum absolute atomic E-state index is 13.5. The summed E-state index contributed by atoms with van der Waals surface area (Å²) in [5.41, 5.74) is 0.623. The number of rotatable bonds is 5. The van der Waals surface area contributed by atoms with Gasteiger partial charge in [-0.3, -0.25) is 9.59 Å². The van der Waals surface area contributed by atoms with E-state index in [-0.39, 0.29) is 13.2 Å². The maximum atomic E-state index is 13.5. The van der Waals surface area contributed by atoms with Crippen molar-refractivity contribution in [3.8, 4) is 0 Å². The number of thiophene rings is 1. The lowest BCUT2D eigenvalue weighted by atomic mass is 10.3. The predicted molar refractivity (Wildman–Crippen MR) is 100 cm³/mol. The van der Waals surface area contributed by atoms with Crippen LogP contribution in [0.1, 0.15) is 11.8 Å². The van der Waals surface area contributed by atoms with Crippen LogP contribution >= 0.6 is 22.7 Å². The molecule has 0 bridgehead atoms. The van der Waals surface area contributed by atoms with Crippen molar-refractivity contribution >= 4 is 50.8 Å². The summed E-state index contributed by atoms with van der Waals surface area (Å²) in [6.45, 7) is 1.87. The molecule has 0 N–H and O–H groups in total. The van der Waals surface area contributed by atoms with Gasteiger partial charge in [-0.05, 0) is 42.6 Å². The fourth-order valence-electron chi connectivity index (χ4n) is 2.29. The molecule has 8 heteroatoms. The number of hydrogen-bond acceptors (Lipinski definition) is 5. The molecule has 0 radical (unpaired) electrons. The summed E-state index contributed by atoms with van der Waals surface area (Å²) in [6.07, 6.45) is 3.05. The van der Waals surface area contributed by atoms with Gasteiger partial charge in [0.2, 0.25) is 0 Å². The van der Waals surface area contributed by atoms with Crippen LogP contribution in [0.4, 0.5) is 4.39 Å². The molecule has 0 aliphatic carbocycles. The Kier molecular flexibility index (Phi) is 5.75. The van der Waals surface area contributed by atoms with Crippen LogP contribution in [-0.4, -0.2) is 23.1 Å². The second kappa shape index (κ2) is 8.20. The summed E-state index contributed by atoms with van der Waals surface area (Å²) in [5.74, 6) is -1.29. The highest BCUT2D eigenvalue weighted by atomic mass is 32.1. The van der Waals surface area contributed by atoms with Crippen molar-refractivity contribution in [2.75, 3.05) is 6.61 Å². The highest BCUT2D eigenvalue weighted by Gasteiger charge is 2.12. The van der Waals surface area contributed by atoms with Crippen LogP contribution in [0.15, 0.2) is 46.8 Å². The molecule has 2 heterocycles. The third kappa shape index (κ3) is 4.33. The molecule has 0 spiro atoms. The van der Waals surface area contributed by atoms with E-state index in [1.54, 1.807) is 23.6 Å². The highest BCUT2D eigenvalue weighted by molar-refractivity contribution is 7.16. The molecule has 134 valence electrons. The van der Waals surface area contributed by atoms with Crippen LogP contribution in [0.3, 0.4) is 0 Å². The molecule has 0 fully saturated rings. The lowest BCUT2D eigenvalue weighted by molar-refractivity contribution is -0.143. The fourth-order valence-corrected chi connectivity index (χ4v) is 3.97. The van der Waals surface area contributed by atoms with Gasteiger partial charge in [0, 0.05) is 11.0 Å². The number of halogens is 1. The first-order valence-corrected chi connectivity index (χ1v) is 9.51. The van der Waals surface area contributed by atoms with Crippen LogP contribution in [0.25, 0.3) is 16.3 Å². The molecule has 5 nitrogen and oxygen atoms in total. The molecular weight excluding hydrogens is 375 g/mol. The van der Waals surface area contributed by atoms with Crippen molar-refractivity contribution in [1.29, 1.82) is 0 Å². The summed E-state index contributed by atoms with van der Waals surface area (Å²) in [4.78, 5) is 29.4. The smallest absolute Gasteiger partial charge is 0.326 e. The Morgan fingerprint density at radius 2 is 2.19 bits per heavy atom. The van der Waals surface area contributed by atoms with Gasteiger partial charge in [-0.1, -0.05) is 17.4 Å². The number of carbonyl (C=O) groups is 2. The van der Waals surface area contributed by atoms with Gasteiger partial charge in [0.05, 0.1) is 16.8 Å². The van der Waals surface area contributed by atoms with E-state index in [1.807, 2.05) is 17.5 Å². The summed E-state index contributed by atoms with van der Waals surface area (Å²) >= 11 is 2.65. The minimum atomic E-state index is -0.456. The van der Waals surface area contributed by atoms with E-state index >= 15 is 0 Å². The van der Waals surface area contributed by atoms with Crippen LogP contribution in [0.2, 0.25) is 0 Å². The average molecular weight is 390 g/mol. The highest BCUT2D eigenvalue weighted by Crippen LogP contribution is 2.19. The van der Waals surface area contributed by atoms with Gasteiger partial charge in [0.25, 0.3) is 5.91 Å². The molecule has 0 unspecified atom stereocenters. The minimum Gasteiger partial charge on any atom is -0.465 e. The number of esters is 1. The molecule has 0 saturated carbocycles. The zero-order valence-electron chi connectivity index (χ0n) is 13.8. The average Bonchev–Trinajstić information content (AvgIpc) is 3.22. The first-order chi connectivity index (χ1) is 12.6. The summed E-state index contributed by atoms with van der Waals surface area (Å²) in [6, 6.07) is 7.99. The Hall–Kier alpha value is -2.58. The topological polar surface area (TPSA) is 60.7 Å². The summed E-state index contributed by atoms with van der Waals surface area (Å²) < 4.78 is 20.6. The monoisotopic (exact) mass is 390 g/mol. The number of aromatic nitrogens is 1. The van der Waals surface area contributed by atoms with Crippen molar-refractivity contribution in [3.63, 3.8) is 0 Å². The second-order valence-corrected chi connectivity index (χ2v) is 7.18. The first kappa shape index (κ1) is 18.2. The van der Waals surface area contributed by atoms with Crippen LogP contribution in [-0.2, 0) is 20.9 Å². The Balaban J connectivity index is 1.99. The lowest BCUT2D eigenvalue weighted by Crippen LogP contribution is -2.22. The fraction of sp³-hybridized carbons (Fsp3) is 0.167. The normalized spacial score (nSPS) is 12.2. The van der Waals surface area contributed by atoms with E-state index in [4.69, 9.17) is 4.74 Å². The molecular formula is C18H15FN2O3S2. The Morgan fingerprint density at radius 3 is 2.92 bits per heavy atom. The quantitative estimate of drug-likeness (QED) is 0.494. The van der Waals surface area contributed by atoms with E-state index in [1.165, 1.54) is 29.5 Å². The summed E-state index contributed by atoms with van der Waals surface area (Å²) in [5, 5.41) is 1.91. The lowest BCUT2D eigenvalue weighted by Gasteiger charge is -2.04. The Bertz CT molecular complexity index is 1030. The van der Waals surface area contributed by atoms with Crippen LogP contribution < -0.4 is 4.80 Å². The van der Waals surface area contributed by atoms with Gasteiger partial charge in [0.1, 0.15) is 12.4 Å². The molecule has 1 aromatic carbocycles. The zero-order valence-corrected chi connectivity index (χ0v) is 15.5. The van der Waals surface area contributed by atoms with Crippen LogP contribution in [0.5, 0.6) is 0 Å². The van der Waals surface area contributed by atoms with E-state index in [0.717, 1.165) is 16.2 Å². The van der Waals surface area contributed by atoms with Gasteiger partial charge in [-0.2, -0.15) is 4.99 Å². The Labute approximate surface area is 156 Å². The maximum Gasteiger partial charge on any atom is 0.326 e. The van der Waals surface area contributed by atoms with Gasteiger partial charge >= 0.3 is 5.97 Å². The summed E-state index contributed by atoms with van der Waals surface area (Å²) in [7, 11) is 0. The van der Waals surface area contributed by atoms with Gasteiger partial charge in [-0.15, -0.1) is 11.3 Å². The molecule has 3 rings (SSSR count). The number of hydrogen-bond donors (Lipinski definition) is 0. The van der Waals surface area contributed by atoms with Gasteiger partial charge in [0.15, 0.2) is 4.80 Å². The van der Waals surface area contributed by atoms with Gasteiger partial charge in [-0.25, -0.2) is 4.39 Å². The number of amides is 1. The van der Waals surface area contributed by atoms with Crippen molar-refractivity contribution in [1.82, 2.24) is 4.57 Å². The van der Waals surface area contributed by atoms with E-state index < -0.39 is 17.7 Å². The molecule has 0 aliphatic heterocycles. The number of fused-ring (bicyclic) bond motifs is 1.